The number of hydrogen-bond acceptors (Lipinski definition) is 3. The van der Waals surface area contributed by atoms with Crippen LogP contribution in [0.1, 0.15) is 44.7 Å². The molecule has 3 nitrogen and oxygen atoms in total. The molecule has 1 fully saturated rings. The summed E-state index contributed by atoms with van der Waals surface area (Å²) in [6.45, 7) is 4.33. The van der Waals surface area contributed by atoms with Gasteiger partial charge in [0.1, 0.15) is 0 Å². The van der Waals surface area contributed by atoms with Crippen molar-refractivity contribution in [3.05, 3.63) is 30.1 Å². The van der Waals surface area contributed by atoms with E-state index in [4.69, 9.17) is 0 Å². The predicted octanol–water partition coefficient (Wildman–Crippen LogP) is 2.82. The van der Waals surface area contributed by atoms with Crippen LogP contribution >= 0.6 is 0 Å². The Balaban J connectivity index is 2.05. The third-order valence-electron chi connectivity index (χ3n) is 4.32. The second-order valence-corrected chi connectivity index (χ2v) is 5.48. The molecule has 0 aliphatic heterocycles. The molecule has 2 rings (SSSR count). The van der Waals surface area contributed by atoms with Crippen molar-refractivity contribution >= 4 is 0 Å². The highest BCUT2D eigenvalue weighted by molar-refractivity contribution is 5.04. The zero-order chi connectivity index (χ0) is 13.5. The molecule has 2 unspecified atom stereocenters. The summed E-state index contributed by atoms with van der Waals surface area (Å²) in [6, 6.07) is 7.49. The van der Waals surface area contributed by atoms with Crippen LogP contribution in [0.2, 0.25) is 0 Å². The van der Waals surface area contributed by atoms with Gasteiger partial charge in [0.2, 0.25) is 0 Å². The second kappa shape index (κ2) is 7.61. The number of hydrogen-bond donors (Lipinski definition) is 1. The molecule has 19 heavy (non-hydrogen) atoms. The zero-order valence-electron chi connectivity index (χ0n) is 12.3. The van der Waals surface area contributed by atoms with E-state index in [0.29, 0.717) is 12.1 Å². The van der Waals surface area contributed by atoms with E-state index in [9.17, 15) is 0 Å². The quantitative estimate of drug-likeness (QED) is 0.826. The van der Waals surface area contributed by atoms with E-state index in [1.54, 1.807) is 0 Å². The first-order valence-corrected chi connectivity index (χ1v) is 7.66. The van der Waals surface area contributed by atoms with Gasteiger partial charge in [-0.25, -0.2) is 0 Å². The smallest absolute Gasteiger partial charge is 0.0544 e. The highest BCUT2D eigenvalue weighted by Crippen LogP contribution is 2.23. The highest BCUT2D eigenvalue weighted by atomic mass is 15.2. The molecule has 1 aliphatic carbocycles. The van der Waals surface area contributed by atoms with E-state index >= 15 is 0 Å². The minimum Gasteiger partial charge on any atom is -0.315 e. The fraction of sp³-hybridized carbons (Fsp3) is 0.688. The lowest BCUT2D eigenvalue weighted by molar-refractivity contribution is 0.149. The SMILES string of the molecule is CCN(Cc1ccccn1)C1CCCCCC1NC. The minimum atomic E-state index is 0.631. The zero-order valence-corrected chi connectivity index (χ0v) is 12.3. The van der Waals surface area contributed by atoms with E-state index in [1.807, 2.05) is 12.3 Å². The molecule has 1 aliphatic rings. The number of nitrogens with zero attached hydrogens (tertiary/aromatic N) is 2. The first kappa shape index (κ1) is 14.5. The summed E-state index contributed by atoms with van der Waals surface area (Å²) in [5.74, 6) is 0. The van der Waals surface area contributed by atoms with Crippen molar-refractivity contribution in [2.24, 2.45) is 0 Å². The van der Waals surface area contributed by atoms with Crippen LogP contribution < -0.4 is 5.32 Å². The molecule has 0 saturated heterocycles. The first-order chi connectivity index (χ1) is 9.35. The molecule has 3 heteroatoms. The fourth-order valence-corrected chi connectivity index (χ4v) is 3.23. The van der Waals surface area contributed by atoms with Crippen LogP contribution in [-0.4, -0.2) is 35.6 Å². The van der Waals surface area contributed by atoms with Gasteiger partial charge < -0.3 is 5.32 Å². The monoisotopic (exact) mass is 261 g/mol. The Kier molecular flexibility index (Phi) is 5.80. The van der Waals surface area contributed by atoms with Crippen molar-refractivity contribution in [2.45, 2.75) is 57.7 Å². The third-order valence-corrected chi connectivity index (χ3v) is 4.32. The second-order valence-electron chi connectivity index (χ2n) is 5.48. The van der Waals surface area contributed by atoms with Crippen LogP contribution in [0, 0.1) is 0 Å². The molecule has 2 atom stereocenters. The lowest BCUT2D eigenvalue weighted by Gasteiger charge is -2.35. The van der Waals surface area contributed by atoms with Crippen molar-refractivity contribution in [1.82, 2.24) is 15.2 Å². The van der Waals surface area contributed by atoms with Gasteiger partial charge in [0.15, 0.2) is 0 Å². The first-order valence-electron chi connectivity index (χ1n) is 7.66. The molecule has 1 aromatic heterocycles. The molecule has 1 N–H and O–H groups in total. The number of nitrogens with one attached hydrogen (secondary N) is 1. The van der Waals surface area contributed by atoms with Crippen LogP contribution in [0.4, 0.5) is 0 Å². The number of pyridine rings is 1. The van der Waals surface area contributed by atoms with Gasteiger partial charge in [-0.05, 0) is 38.6 Å². The maximum atomic E-state index is 4.47. The molecular formula is C16H27N3. The Morgan fingerprint density at radius 2 is 2.11 bits per heavy atom. The Morgan fingerprint density at radius 1 is 1.26 bits per heavy atom. The maximum absolute atomic E-state index is 4.47. The van der Waals surface area contributed by atoms with E-state index in [2.05, 4.69) is 41.3 Å². The molecular weight excluding hydrogens is 234 g/mol. The summed E-state index contributed by atoms with van der Waals surface area (Å²) in [5.41, 5.74) is 1.18. The van der Waals surface area contributed by atoms with Gasteiger partial charge in [-0.1, -0.05) is 32.3 Å². The van der Waals surface area contributed by atoms with Crippen molar-refractivity contribution in [3.63, 3.8) is 0 Å². The van der Waals surface area contributed by atoms with Crippen molar-refractivity contribution in [1.29, 1.82) is 0 Å². The number of aromatic nitrogens is 1. The lowest BCUT2D eigenvalue weighted by Crippen LogP contribution is -2.48. The van der Waals surface area contributed by atoms with Gasteiger partial charge in [0.25, 0.3) is 0 Å². The fourth-order valence-electron chi connectivity index (χ4n) is 3.23. The van der Waals surface area contributed by atoms with Gasteiger partial charge in [-0.15, -0.1) is 0 Å². The largest absolute Gasteiger partial charge is 0.315 e. The molecule has 1 saturated carbocycles. The van der Waals surface area contributed by atoms with Crippen molar-refractivity contribution in [2.75, 3.05) is 13.6 Å². The molecule has 0 spiro atoms. The van der Waals surface area contributed by atoms with E-state index in [1.165, 1.54) is 37.8 Å². The normalized spacial score (nSPS) is 24.4. The summed E-state index contributed by atoms with van der Waals surface area (Å²) < 4.78 is 0. The average molecular weight is 261 g/mol. The molecule has 1 heterocycles. The van der Waals surface area contributed by atoms with Gasteiger partial charge in [-0.2, -0.15) is 0 Å². The van der Waals surface area contributed by atoms with Gasteiger partial charge in [-0.3, -0.25) is 9.88 Å². The Labute approximate surface area is 117 Å². The third kappa shape index (κ3) is 4.02. The number of likely N-dealkylation sites (N-methyl/N-ethyl adjacent to an activating group) is 2. The topological polar surface area (TPSA) is 28.2 Å². The van der Waals surface area contributed by atoms with Crippen LogP contribution in [-0.2, 0) is 6.54 Å². The summed E-state index contributed by atoms with van der Waals surface area (Å²) in [4.78, 5) is 7.07. The van der Waals surface area contributed by atoms with Crippen LogP contribution in [0.3, 0.4) is 0 Å². The lowest BCUT2D eigenvalue weighted by atomic mass is 10.0. The Bertz CT molecular complexity index is 352. The van der Waals surface area contributed by atoms with Crippen molar-refractivity contribution < 1.29 is 0 Å². The van der Waals surface area contributed by atoms with E-state index < -0.39 is 0 Å². The van der Waals surface area contributed by atoms with Crippen LogP contribution in [0.5, 0.6) is 0 Å². The minimum absolute atomic E-state index is 0.631. The summed E-state index contributed by atoms with van der Waals surface area (Å²) in [7, 11) is 2.11. The number of rotatable bonds is 5. The van der Waals surface area contributed by atoms with Crippen LogP contribution in [0.25, 0.3) is 0 Å². The molecule has 0 bridgehead atoms. The molecule has 0 radical (unpaired) electrons. The summed E-state index contributed by atoms with van der Waals surface area (Å²) >= 11 is 0. The van der Waals surface area contributed by atoms with Gasteiger partial charge >= 0.3 is 0 Å². The standard InChI is InChI=1S/C16H27N3/c1-3-19(13-14-9-7-8-12-18-14)16-11-6-4-5-10-15(16)17-2/h7-9,12,15-17H,3-6,10-11,13H2,1-2H3. The van der Waals surface area contributed by atoms with E-state index in [-0.39, 0.29) is 0 Å². The van der Waals surface area contributed by atoms with Gasteiger partial charge in [0.05, 0.1) is 5.69 Å². The average Bonchev–Trinajstić information content (AvgIpc) is 2.71. The molecule has 1 aromatic rings. The van der Waals surface area contributed by atoms with Crippen molar-refractivity contribution in [3.8, 4) is 0 Å². The van der Waals surface area contributed by atoms with E-state index in [0.717, 1.165) is 13.1 Å². The summed E-state index contributed by atoms with van der Waals surface area (Å²) in [5, 5.41) is 3.53. The van der Waals surface area contributed by atoms with Gasteiger partial charge in [0, 0.05) is 24.8 Å². The molecule has 0 amide bonds. The molecule has 106 valence electrons. The van der Waals surface area contributed by atoms with Crippen LogP contribution in [0.15, 0.2) is 24.4 Å². The summed E-state index contributed by atoms with van der Waals surface area (Å²) in [6.07, 6.45) is 8.62. The Hall–Kier alpha value is -0.930. The predicted molar refractivity (Wildman–Crippen MR) is 80.0 cm³/mol. The highest BCUT2D eigenvalue weighted by Gasteiger charge is 2.27. The Morgan fingerprint density at radius 3 is 2.79 bits per heavy atom. The molecule has 0 aromatic carbocycles. The maximum Gasteiger partial charge on any atom is 0.0544 e.